The van der Waals surface area contributed by atoms with Crippen molar-refractivity contribution in [1.29, 1.82) is 0 Å². The van der Waals surface area contributed by atoms with Crippen molar-refractivity contribution in [2.75, 3.05) is 33.3 Å². The van der Waals surface area contributed by atoms with Gasteiger partial charge in [0.15, 0.2) is 0 Å². The van der Waals surface area contributed by atoms with E-state index in [9.17, 15) is 5.11 Å². The third kappa shape index (κ3) is 3.72. The fourth-order valence-corrected chi connectivity index (χ4v) is 2.55. The predicted octanol–water partition coefficient (Wildman–Crippen LogP) is 1.32. The minimum Gasteiger partial charge on any atom is -0.396 e. The maximum Gasteiger partial charge on any atom is 0.0471 e. The molecule has 3 nitrogen and oxygen atoms in total. The van der Waals surface area contributed by atoms with Crippen LogP contribution in [-0.2, 0) is 0 Å². The highest BCUT2D eigenvalue weighted by molar-refractivity contribution is 4.85. The SMILES string of the molecule is CNC(C)C(C)(C)CN1CCCC(CO)C1. The number of aliphatic hydroxyl groups excluding tert-OH is 1. The van der Waals surface area contributed by atoms with E-state index in [0.717, 1.165) is 13.1 Å². The maximum atomic E-state index is 9.22. The molecule has 0 amide bonds. The van der Waals surface area contributed by atoms with Crippen molar-refractivity contribution in [2.45, 2.75) is 39.7 Å². The van der Waals surface area contributed by atoms with Crippen molar-refractivity contribution in [1.82, 2.24) is 10.2 Å². The summed E-state index contributed by atoms with van der Waals surface area (Å²) in [5.74, 6) is 0.495. The van der Waals surface area contributed by atoms with Crippen LogP contribution in [0.2, 0.25) is 0 Å². The number of hydrogen-bond donors (Lipinski definition) is 2. The molecule has 2 atom stereocenters. The Balaban J connectivity index is 2.46. The van der Waals surface area contributed by atoms with Crippen molar-refractivity contribution in [2.24, 2.45) is 11.3 Å². The summed E-state index contributed by atoms with van der Waals surface area (Å²) in [5.41, 5.74) is 0.284. The molecule has 1 rings (SSSR count). The van der Waals surface area contributed by atoms with E-state index >= 15 is 0 Å². The summed E-state index contributed by atoms with van der Waals surface area (Å²) in [4.78, 5) is 2.51. The largest absolute Gasteiger partial charge is 0.396 e. The van der Waals surface area contributed by atoms with Crippen LogP contribution in [0.25, 0.3) is 0 Å². The van der Waals surface area contributed by atoms with Gasteiger partial charge in [0.05, 0.1) is 0 Å². The summed E-state index contributed by atoms with van der Waals surface area (Å²) in [5, 5.41) is 12.6. The van der Waals surface area contributed by atoms with Crippen molar-refractivity contribution < 1.29 is 5.11 Å². The van der Waals surface area contributed by atoms with Gasteiger partial charge in [-0.15, -0.1) is 0 Å². The summed E-state index contributed by atoms with van der Waals surface area (Å²) in [6.07, 6.45) is 2.42. The lowest BCUT2D eigenvalue weighted by molar-refractivity contribution is 0.0782. The molecule has 0 aromatic heterocycles. The minimum atomic E-state index is 0.284. The van der Waals surface area contributed by atoms with Crippen LogP contribution in [0.1, 0.15) is 33.6 Å². The highest BCUT2D eigenvalue weighted by atomic mass is 16.3. The number of nitrogens with zero attached hydrogens (tertiary/aromatic N) is 1. The number of piperidine rings is 1. The molecule has 0 aromatic carbocycles. The van der Waals surface area contributed by atoms with Gasteiger partial charge in [-0.3, -0.25) is 0 Å². The molecule has 96 valence electrons. The van der Waals surface area contributed by atoms with E-state index in [1.807, 2.05) is 7.05 Å². The first kappa shape index (κ1) is 13.9. The van der Waals surface area contributed by atoms with Gasteiger partial charge >= 0.3 is 0 Å². The fraction of sp³-hybridized carbons (Fsp3) is 1.00. The molecule has 3 heteroatoms. The molecule has 2 N–H and O–H groups in total. The second-order valence-corrected chi connectivity index (χ2v) is 5.92. The monoisotopic (exact) mass is 228 g/mol. The highest BCUT2D eigenvalue weighted by Crippen LogP contribution is 2.25. The predicted molar refractivity (Wildman–Crippen MR) is 68.6 cm³/mol. The lowest BCUT2D eigenvalue weighted by Gasteiger charge is -2.40. The number of hydrogen-bond acceptors (Lipinski definition) is 3. The fourth-order valence-electron chi connectivity index (χ4n) is 2.55. The zero-order valence-corrected chi connectivity index (χ0v) is 11.3. The van der Waals surface area contributed by atoms with E-state index < -0.39 is 0 Å². The smallest absolute Gasteiger partial charge is 0.0471 e. The molecule has 1 saturated heterocycles. The van der Waals surface area contributed by atoms with E-state index in [1.54, 1.807) is 0 Å². The van der Waals surface area contributed by atoms with Crippen LogP contribution in [0.15, 0.2) is 0 Å². The molecule has 16 heavy (non-hydrogen) atoms. The summed E-state index contributed by atoms with van der Waals surface area (Å²) >= 11 is 0. The lowest BCUT2D eigenvalue weighted by atomic mass is 9.84. The Bertz CT molecular complexity index is 206. The van der Waals surface area contributed by atoms with Crippen LogP contribution in [0.4, 0.5) is 0 Å². The molecule has 2 unspecified atom stereocenters. The van der Waals surface area contributed by atoms with E-state index in [0.29, 0.717) is 18.6 Å². The molecule has 1 aliphatic heterocycles. The van der Waals surface area contributed by atoms with E-state index in [-0.39, 0.29) is 5.41 Å². The van der Waals surface area contributed by atoms with Crippen molar-refractivity contribution in [3.05, 3.63) is 0 Å². The Morgan fingerprint density at radius 1 is 1.50 bits per heavy atom. The standard InChI is InChI=1S/C13H28N2O/c1-11(14-4)13(2,3)10-15-7-5-6-12(8-15)9-16/h11-12,14,16H,5-10H2,1-4H3. The first-order chi connectivity index (χ1) is 7.49. The van der Waals surface area contributed by atoms with Crippen LogP contribution in [0.5, 0.6) is 0 Å². The van der Waals surface area contributed by atoms with Gasteiger partial charge in [-0.25, -0.2) is 0 Å². The second-order valence-electron chi connectivity index (χ2n) is 5.92. The molecule has 0 aromatic rings. The normalized spacial score (nSPS) is 25.7. The van der Waals surface area contributed by atoms with Crippen LogP contribution < -0.4 is 5.32 Å². The van der Waals surface area contributed by atoms with Crippen molar-refractivity contribution in [3.63, 3.8) is 0 Å². The van der Waals surface area contributed by atoms with Gasteiger partial charge in [-0.05, 0) is 44.7 Å². The maximum absolute atomic E-state index is 9.22. The van der Waals surface area contributed by atoms with Crippen molar-refractivity contribution in [3.8, 4) is 0 Å². The Morgan fingerprint density at radius 2 is 2.19 bits per heavy atom. The van der Waals surface area contributed by atoms with E-state index in [4.69, 9.17) is 0 Å². The average molecular weight is 228 g/mol. The molecule has 0 radical (unpaired) electrons. The summed E-state index contributed by atoms with van der Waals surface area (Å²) in [7, 11) is 2.03. The number of nitrogens with one attached hydrogen (secondary N) is 1. The Hall–Kier alpha value is -0.120. The topological polar surface area (TPSA) is 35.5 Å². The molecule has 0 spiro atoms. The zero-order chi connectivity index (χ0) is 12.2. The summed E-state index contributed by atoms with van der Waals surface area (Å²) in [6.45, 7) is 10.6. The van der Waals surface area contributed by atoms with Crippen LogP contribution in [0.3, 0.4) is 0 Å². The van der Waals surface area contributed by atoms with Gasteiger partial charge in [-0.2, -0.15) is 0 Å². The van der Waals surface area contributed by atoms with Crippen molar-refractivity contribution >= 4 is 0 Å². The number of likely N-dealkylation sites (tertiary alicyclic amines) is 1. The van der Waals surface area contributed by atoms with Gasteiger partial charge in [0.2, 0.25) is 0 Å². The van der Waals surface area contributed by atoms with E-state index in [2.05, 4.69) is 31.0 Å². The van der Waals surface area contributed by atoms with Gasteiger partial charge in [0.1, 0.15) is 0 Å². The molecule has 1 fully saturated rings. The lowest BCUT2D eigenvalue weighted by Crippen LogP contribution is -2.48. The summed E-state index contributed by atoms with van der Waals surface area (Å²) in [6, 6.07) is 0.516. The molecular formula is C13H28N2O. The minimum absolute atomic E-state index is 0.284. The van der Waals surface area contributed by atoms with Crippen LogP contribution in [0, 0.1) is 11.3 Å². The third-order valence-electron chi connectivity index (χ3n) is 4.10. The highest BCUT2D eigenvalue weighted by Gasteiger charge is 2.29. The van der Waals surface area contributed by atoms with Gasteiger partial charge in [0.25, 0.3) is 0 Å². The average Bonchev–Trinajstić information content (AvgIpc) is 2.27. The van der Waals surface area contributed by atoms with Crippen LogP contribution in [-0.4, -0.2) is 49.3 Å². The Labute approximate surface area is 100 Å². The Kier molecular flexibility index (Phi) is 5.22. The third-order valence-corrected chi connectivity index (χ3v) is 4.10. The first-order valence-electron chi connectivity index (χ1n) is 6.50. The summed E-state index contributed by atoms with van der Waals surface area (Å²) < 4.78 is 0. The van der Waals surface area contributed by atoms with E-state index in [1.165, 1.54) is 19.4 Å². The van der Waals surface area contributed by atoms with Crippen LogP contribution >= 0.6 is 0 Å². The first-order valence-corrected chi connectivity index (χ1v) is 6.50. The van der Waals surface area contributed by atoms with Gasteiger partial charge < -0.3 is 15.3 Å². The quantitative estimate of drug-likeness (QED) is 0.745. The molecule has 0 bridgehead atoms. The Morgan fingerprint density at radius 3 is 2.75 bits per heavy atom. The molecule has 1 heterocycles. The molecule has 1 aliphatic rings. The zero-order valence-electron chi connectivity index (χ0n) is 11.3. The second kappa shape index (κ2) is 5.99. The number of aliphatic hydroxyl groups is 1. The molecular weight excluding hydrogens is 200 g/mol. The van der Waals surface area contributed by atoms with Gasteiger partial charge in [-0.1, -0.05) is 13.8 Å². The molecule has 0 saturated carbocycles. The number of rotatable bonds is 5. The van der Waals surface area contributed by atoms with Gasteiger partial charge in [0, 0.05) is 25.7 Å². The molecule has 0 aliphatic carbocycles.